The zero-order chi connectivity index (χ0) is 11.7. The predicted molar refractivity (Wildman–Crippen MR) is 63.5 cm³/mol. The Balaban J connectivity index is 1.76. The van der Waals surface area contributed by atoms with Crippen LogP contribution in [0.5, 0.6) is 0 Å². The molecule has 1 saturated heterocycles. The smallest absolute Gasteiger partial charge is 0.245 e. The minimum absolute atomic E-state index is 0.315. The lowest BCUT2D eigenvalue weighted by atomic mass is 10.1. The minimum atomic E-state index is 0.315. The van der Waals surface area contributed by atoms with Crippen LogP contribution in [0.1, 0.15) is 12.8 Å². The summed E-state index contributed by atoms with van der Waals surface area (Å²) >= 11 is 0. The van der Waals surface area contributed by atoms with Gasteiger partial charge in [-0.1, -0.05) is 0 Å². The van der Waals surface area contributed by atoms with Gasteiger partial charge in [0.1, 0.15) is 0 Å². The van der Waals surface area contributed by atoms with Gasteiger partial charge in [0.2, 0.25) is 5.95 Å². The van der Waals surface area contributed by atoms with E-state index in [-0.39, 0.29) is 0 Å². The minimum Gasteiger partial charge on any atom is -0.461 e. The van der Waals surface area contributed by atoms with E-state index in [1.54, 1.807) is 6.26 Å². The van der Waals surface area contributed by atoms with Crippen molar-refractivity contribution in [1.29, 1.82) is 0 Å². The molecule has 0 saturated carbocycles. The van der Waals surface area contributed by atoms with Crippen molar-refractivity contribution in [3.63, 3.8) is 0 Å². The Labute approximate surface area is 98.8 Å². The second kappa shape index (κ2) is 4.21. The van der Waals surface area contributed by atoms with Crippen molar-refractivity contribution >= 4 is 5.95 Å². The molecule has 2 aromatic rings. The molecule has 1 aliphatic rings. The van der Waals surface area contributed by atoms with Crippen molar-refractivity contribution in [3.05, 3.63) is 18.4 Å². The summed E-state index contributed by atoms with van der Waals surface area (Å²) in [5.74, 6) is 2.10. The number of hydrogen-bond acceptors (Lipinski definition) is 5. The van der Waals surface area contributed by atoms with Gasteiger partial charge in [0.05, 0.1) is 6.26 Å². The van der Waals surface area contributed by atoms with E-state index in [0.29, 0.717) is 17.6 Å². The van der Waals surface area contributed by atoms with Gasteiger partial charge < -0.3 is 15.1 Å². The summed E-state index contributed by atoms with van der Waals surface area (Å²) in [4.78, 5) is 6.57. The Hall–Kier alpha value is -1.82. The lowest BCUT2D eigenvalue weighted by Crippen LogP contribution is -2.40. The van der Waals surface area contributed by atoms with Gasteiger partial charge in [0.15, 0.2) is 11.6 Å². The van der Waals surface area contributed by atoms with Gasteiger partial charge in [-0.25, -0.2) is 0 Å². The first kappa shape index (κ1) is 10.3. The molecule has 6 heteroatoms. The zero-order valence-corrected chi connectivity index (χ0v) is 9.47. The van der Waals surface area contributed by atoms with Crippen LogP contribution < -0.4 is 10.6 Å². The molecule has 0 atom stereocenters. The van der Waals surface area contributed by atoms with Gasteiger partial charge in [-0.05, 0) is 25.0 Å². The molecule has 0 aromatic carbocycles. The van der Waals surface area contributed by atoms with E-state index in [2.05, 4.69) is 20.1 Å². The first-order valence-corrected chi connectivity index (χ1v) is 5.80. The number of nitrogens with one attached hydrogen (secondary N) is 1. The van der Waals surface area contributed by atoms with Gasteiger partial charge in [0.25, 0.3) is 0 Å². The molecule has 17 heavy (non-hydrogen) atoms. The molecular weight excluding hydrogens is 218 g/mol. The maximum absolute atomic E-state index is 5.87. The predicted octanol–water partition coefficient (Wildman–Crippen LogP) is 0.992. The van der Waals surface area contributed by atoms with Crippen molar-refractivity contribution in [3.8, 4) is 11.6 Å². The highest BCUT2D eigenvalue weighted by Gasteiger charge is 2.20. The number of H-pyrrole nitrogens is 1. The van der Waals surface area contributed by atoms with Gasteiger partial charge in [-0.2, -0.15) is 4.98 Å². The number of piperidine rings is 1. The molecule has 0 amide bonds. The van der Waals surface area contributed by atoms with Crippen molar-refractivity contribution in [2.24, 2.45) is 5.73 Å². The molecule has 0 spiro atoms. The first-order valence-electron chi connectivity index (χ1n) is 5.80. The molecule has 0 bridgehead atoms. The van der Waals surface area contributed by atoms with Crippen LogP contribution in [0.2, 0.25) is 0 Å². The number of aromatic nitrogens is 3. The second-order valence-electron chi connectivity index (χ2n) is 4.29. The number of aromatic amines is 1. The Morgan fingerprint density at radius 1 is 1.41 bits per heavy atom. The Bertz CT molecular complexity index is 470. The number of nitrogens with zero attached hydrogens (tertiary/aromatic N) is 3. The van der Waals surface area contributed by atoms with E-state index < -0.39 is 0 Å². The molecule has 6 nitrogen and oxygen atoms in total. The fourth-order valence-corrected chi connectivity index (χ4v) is 2.02. The van der Waals surface area contributed by atoms with E-state index in [1.165, 1.54) is 0 Å². The summed E-state index contributed by atoms with van der Waals surface area (Å²) in [5.41, 5.74) is 5.87. The van der Waals surface area contributed by atoms with E-state index in [1.807, 2.05) is 12.1 Å². The molecule has 1 fully saturated rings. The Kier molecular flexibility index (Phi) is 2.56. The lowest BCUT2D eigenvalue weighted by molar-refractivity contribution is 0.496. The van der Waals surface area contributed by atoms with Crippen molar-refractivity contribution in [2.75, 3.05) is 18.0 Å². The van der Waals surface area contributed by atoms with Gasteiger partial charge in [0, 0.05) is 19.1 Å². The van der Waals surface area contributed by atoms with Crippen molar-refractivity contribution in [1.82, 2.24) is 15.2 Å². The van der Waals surface area contributed by atoms with Crippen LogP contribution in [-0.2, 0) is 0 Å². The maximum Gasteiger partial charge on any atom is 0.245 e. The molecule has 0 aliphatic carbocycles. The fourth-order valence-electron chi connectivity index (χ4n) is 2.02. The second-order valence-corrected chi connectivity index (χ2v) is 4.29. The summed E-state index contributed by atoms with van der Waals surface area (Å²) in [6, 6.07) is 4.00. The Morgan fingerprint density at radius 3 is 2.94 bits per heavy atom. The molecule has 1 aliphatic heterocycles. The maximum atomic E-state index is 5.87. The molecule has 3 rings (SSSR count). The standard InChI is InChI=1S/C11H15N5O/c12-8-3-5-16(6-4-8)11-13-10(14-15-11)9-2-1-7-17-9/h1-2,7-8H,3-6,12H2,(H,13,14,15). The fraction of sp³-hybridized carbons (Fsp3) is 0.455. The highest BCUT2D eigenvalue weighted by molar-refractivity contribution is 5.48. The Morgan fingerprint density at radius 2 is 2.24 bits per heavy atom. The van der Waals surface area contributed by atoms with Crippen LogP contribution >= 0.6 is 0 Å². The highest BCUT2D eigenvalue weighted by atomic mass is 16.3. The van der Waals surface area contributed by atoms with E-state index in [0.717, 1.165) is 31.9 Å². The van der Waals surface area contributed by atoms with E-state index in [4.69, 9.17) is 10.2 Å². The van der Waals surface area contributed by atoms with E-state index in [9.17, 15) is 0 Å². The molecule has 3 N–H and O–H groups in total. The highest BCUT2D eigenvalue weighted by Crippen LogP contribution is 2.20. The average Bonchev–Trinajstić information content (AvgIpc) is 3.00. The number of anilines is 1. The summed E-state index contributed by atoms with van der Waals surface area (Å²) in [6.45, 7) is 1.83. The van der Waals surface area contributed by atoms with Gasteiger partial charge in [-0.15, -0.1) is 5.10 Å². The summed E-state index contributed by atoms with van der Waals surface area (Å²) in [7, 11) is 0. The van der Waals surface area contributed by atoms with Gasteiger partial charge >= 0.3 is 0 Å². The molecule has 0 unspecified atom stereocenters. The summed E-state index contributed by atoms with van der Waals surface area (Å²) in [5, 5.41) is 7.10. The SMILES string of the molecule is NC1CCN(c2n[nH]c(-c3ccco3)n2)CC1. The third-order valence-corrected chi connectivity index (χ3v) is 3.05. The largest absolute Gasteiger partial charge is 0.461 e. The third-order valence-electron chi connectivity index (χ3n) is 3.05. The molecular formula is C11H15N5O. The van der Waals surface area contributed by atoms with Crippen LogP contribution in [0.3, 0.4) is 0 Å². The summed E-state index contributed by atoms with van der Waals surface area (Å²) in [6.07, 6.45) is 3.60. The van der Waals surface area contributed by atoms with Crippen LogP contribution in [-0.4, -0.2) is 34.3 Å². The van der Waals surface area contributed by atoms with Crippen molar-refractivity contribution < 1.29 is 4.42 Å². The van der Waals surface area contributed by atoms with Crippen LogP contribution in [0, 0.1) is 0 Å². The molecule has 0 radical (unpaired) electrons. The van der Waals surface area contributed by atoms with Crippen LogP contribution in [0.15, 0.2) is 22.8 Å². The lowest BCUT2D eigenvalue weighted by Gasteiger charge is -2.28. The number of hydrogen-bond donors (Lipinski definition) is 2. The molecule has 2 aromatic heterocycles. The first-order chi connectivity index (χ1) is 8.33. The molecule has 90 valence electrons. The monoisotopic (exact) mass is 233 g/mol. The van der Waals surface area contributed by atoms with Crippen molar-refractivity contribution in [2.45, 2.75) is 18.9 Å². The third kappa shape index (κ3) is 2.03. The zero-order valence-electron chi connectivity index (χ0n) is 9.47. The summed E-state index contributed by atoms with van der Waals surface area (Å²) < 4.78 is 5.27. The normalized spacial score (nSPS) is 17.6. The quantitative estimate of drug-likeness (QED) is 0.808. The number of furan rings is 1. The molecule has 3 heterocycles. The van der Waals surface area contributed by atoms with Crippen LogP contribution in [0.25, 0.3) is 11.6 Å². The topological polar surface area (TPSA) is 84.0 Å². The van der Waals surface area contributed by atoms with Gasteiger partial charge in [-0.3, -0.25) is 5.10 Å². The van der Waals surface area contributed by atoms with E-state index >= 15 is 0 Å². The number of rotatable bonds is 2. The van der Waals surface area contributed by atoms with Crippen LogP contribution in [0.4, 0.5) is 5.95 Å². The number of nitrogens with two attached hydrogens (primary N) is 1. The average molecular weight is 233 g/mol.